The molecule has 0 radical (unpaired) electrons. The molecule has 2 aliphatic rings. The number of sulfonamides is 1. The predicted octanol–water partition coefficient (Wildman–Crippen LogP) is 1.25. The van der Waals surface area contributed by atoms with Crippen molar-refractivity contribution in [2.24, 2.45) is 0 Å². The summed E-state index contributed by atoms with van der Waals surface area (Å²) in [6.45, 7) is 2.01. The summed E-state index contributed by atoms with van der Waals surface area (Å²) < 4.78 is 32.2. The first-order valence-corrected chi connectivity index (χ1v) is 7.14. The molecule has 0 saturated heterocycles. The molecule has 5 nitrogen and oxygen atoms in total. The van der Waals surface area contributed by atoms with E-state index in [0.29, 0.717) is 12.1 Å². The van der Waals surface area contributed by atoms with Crippen LogP contribution >= 0.6 is 11.6 Å². The third-order valence-electron chi connectivity index (χ3n) is 3.08. The Hall–Kier alpha value is -0.850. The molecular formula is C10H11ClN2O3S. The minimum atomic E-state index is -3.54. The Bertz CT molecular complexity index is 596. The number of hydrogen-bond donors (Lipinski definition) is 1. The smallest absolute Gasteiger partial charge is 0.246 e. The molecular weight excluding hydrogens is 264 g/mol. The van der Waals surface area contributed by atoms with Crippen molar-refractivity contribution in [3.63, 3.8) is 0 Å². The van der Waals surface area contributed by atoms with Gasteiger partial charge in [-0.2, -0.15) is 0 Å². The lowest BCUT2D eigenvalue weighted by molar-refractivity contribution is 0.174. The predicted molar refractivity (Wildman–Crippen MR) is 61.8 cm³/mol. The zero-order valence-electron chi connectivity index (χ0n) is 9.16. The number of ether oxygens (including phenoxy) is 1. The van der Waals surface area contributed by atoms with Crippen LogP contribution in [-0.2, 0) is 10.0 Å². The van der Waals surface area contributed by atoms with Gasteiger partial charge < -0.3 is 4.74 Å². The Kier molecular flexibility index (Phi) is 2.21. The number of hydrogen-bond acceptors (Lipinski definition) is 4. The minimum Gasteiger partial charge on any atom is -0.469 e. The van der Waals surface area contributed by atoms with Crippen LogP contribution in [0.1, 0.15) is 18.4 Å². The molecule has 1 aliphatic heterocycles. The fourth-order valence-corrected chi connectivity index (χ4v) is 3.17. The fourth-order valence-electron chi connectivity index (χ4n) is 1.78. The Morgan fingerprint density at radius 3 is 2.88 bits per heavy atom. The van der Waals surface area contributed by atoms with Gasteiger partial charge in [0.25, 0.3) is 0 Å². The summed E-state index contributed by atoms with van der Waals surface area (Å²) in [7, 11) is -3.54. The van der Waals surface area contributed by atoms with E-state index in [1.54, 1.807) is 6.92 Å². The van der Waals surface area contributed by atoms with Crippen LogP contribution in [0.15, 0.2) is 11.0 Å². The van der Waals surface area contributed by atoms with Crippen LogP contribution in [-0.4, -0.2) is 25.5 Å². The lowest BCUT2D eigenvalue weighted by Gasteiger charge is -2.13. The van der Waals surface area contributed by atoms with Gasteiger partial charge in [0, 0.05) is 0 Å². The third-order valence-corrected chi connectivity index (χ3v) is 4.86. The van der Waals surface area contributed by atoms with Gasteiger partial charge >= 0.3 is 0 Å². The Morgan fingerprint density at radius 2 is 2.24 bits per heavy atom. The first-order valence-electron chi connectivity index (χ1n) is 5.28. The van der Waals surface area contributed by atoms with E-state index in [1.807, 2.05) is 0 Å². The molecule has 1 aliphatic carbocycles. The van der Waals surface area contributed by atoms with Crippen molar-refractivity contribution in [3.8, 4) is 5.88 Å². The number of nitrogens with zero attached hydrogens (tertiary/aromatic N) is 1. The average molecular weight is 275 g/mol. The first kappa shape index (κ1) is 11.3. The van der Waals surface area contributed by atoms with E-state index in [-0.39, 0.29) is 15.9 Å². The summed E-state index contributed by atoms with van der Waals surface area (Å²) in [5.74, 6) is 0.114. The van der Waals surface area contributed by atoms with Gasteiger partial charge in [-0.15, -0.1) is 0 Å². The van der Waals surface area contributed by atoms with Crippen LogP contribution in [0.2, 0.25) is 5.15 Å². The van der Waals surface area contributed by atoms with E-state index in [0.717, 1.165) is 12.8 Å². The van der Waals surface area contributed by atoms with E-state index in [4.69, 9.17) is 16.3 Å². The van der Waals surface area contributed by atoms with Crippen LogP contribution in [0.4, 0.5) is 0 Å². The van der Waals surface area contributed by atoms with Crippen LogP contribution in [0.3, 0.4) is 0 Å². The number of pyridine rings is 1. The highest BCUT2D eigenvalue weighted by atomic mass is 35.5. The van der Waals surface area contributed by atoms with Crippen molar-refractivity contribution >= 4 is 21.6 Å². The monoisotopic (exact) mass is 274 g/mol. The van der Waals surface area contributed by atoms with Gasteiger partial charge in [-0.3, -0.25) is 0 Å². The standard InChI is InChI=1S/C10H11ClN2O3S/c1-6-4-7-9(13-8(6)11)16-10(2-3-10)5-12-17(7,14)15/h4,12H,2-3,5H2,1H3. The first-order chi connectivity index (χ1) is 7.92. The van der Waals surface area contributed by atoms with Crippen molar-refractivity contribution in [3.05, 3.63) is 16.8 Å². The Morgan fingerprint density at radius 1 is 1.53 bits per heavy atom. The SMILES string of the molecule is Cc1cc2c(nc1Cl)OC1(CC1)CNS2(=O)=O. The van der Waals surface area contributed by atoms with Gasteiger partial charge in [0.2, 0.25) is 15.9 Å². The maximum absolute atomic E-state index is 12.0. The van der Waals surface area contributed by atoms with Crippen molar-refractivity contribution in [1.29, 1.82) is 0 Å². The molecule has 0 atom stereocenters. The maximum Gasteiger partial charge on any atom is 0.246 e. The second kappa shape index (κ2) is 3.34. The summed E-state index contributed by atoms with van der Waals surface area (Å²) >= 11 is 5.90. The molecule has 0 unspecified atom stereocenters. The lowest BCUT2D eigenvalue weighted by atomic mass is 10.3. The number of aromatic nitrogens is 1. The molecule has 17 heavy (non-hydrogen) atoms. The number of halogens is 1. The molecule has 0 bridgehead atoms. The zero-order valence-corrected chi connectivity index (χ0v) is 10.7. The molecule has 3 rings (SSSR count). The maximum atomic E-state index is 12.0. The quantitative estimate of drug-likeness (QED) is 0.723. The highest BCUT2D eigenvalue weighted by Crippen LogP contribution is 2.43. The van der Waals surface area contributed by atoms with E-state index in [1.165, 1.54) is 6.07 Å². The highest BCUT2D eigenvalue weighted by molar-refractivity contribution is 7.89. The van der Waals surface area contributed by atoms with E-state index >= 15 is 0 Å². The summed E-state index contributed by atoms with van der Waals surface area (Å²) in [6.07, 6.45) is 1.67. The Balaban J connectivity index is 2.21. The van der Waals surface area contributed by atoms with E-state index in [2.05, 4.69) is 9.71 Å². The van der Waals surface area contributed by atoms with Crippen molar-refractivity contribution < 1.29 is 13.2 Å². The van der Waals surface area contributed by atoms with E-state index in [9.17, 15) is 8.42 Å². The molecule has 92 valence electrons. The molecule has 1 aromatic heterocycles. The van der Waals surface area contributed by atoms with Crippen LogP contribution in [0.5, 0.6) is 5.88 Å². The van der Waals surface area contributed by atoms with Gasteiger partial charge in [-0.1, -0.05) is 11.6 Å². The summed E-state index contributed by atoms with van der Waals surface area (Å²) in [4.78, 5) is 4.10. The van der Waals surface area contributed by atoms with E-state index < -0.39 is 15.6 Å². The molecule has 7 heteroatoms. The molecule has 1 fully saturated rings. The topological polar surface area (TPSA) is 68.3 Å². The number of nitrogens with one attached hydrogen (secondary N) is 1. The molecule has 0 amide bonds. The zero-order chi connectivity index (χ0) is 12.3. The van der Waals surface area contributed by atoms with Crippen molar-refractivity contribution in [2.75, 3.05) is 6.54 Å². The minimum absolute atomic E-state index is 0.0724. The van der Waals surface area contributed by atoms with Gasteiger partial charge in [0.15, 0.2) is 0 Å². The summed E-state index contributed by atoms with van der Waals surface area (Å²) in [6, 6.07) is 1.49. The van der Waals surface area contributed by atoms with Crippen LogP contribution < -0.4 is 9.46 Å². The lowest BCUT2D eigenvalue weighted by Crippen LogP contribution is -2.33. The van der Waals surface area contributed by atoms with Crippen molar-refractivity contribution in [2.45, 2.75) is 30.3 Å². The van der Waals surface area contributed by atoms with Gasteiger partial charge in [0.1, 0.15) is 15.6 Å². The molecule has 1 N–H and O–H groups in total. The third kappa shape index (κ3) is 1.80. The van der Waals surface area contributed by atoms with Crippen molar-refractivity contribution in [1.82, 2.24) is 9.71 Å². The van der Waals surface area contributed by atoms with Gasteiger partial charge in [0.05, 0.1) is 6.54 Å². The van der Waals surface area contributed by atoms with Gasteiger partial charge in [-0.05, 0) is 31.4 Å². The molecule has 2 heterocycles. The summed E-state index contributed by atoms with van der Waals surface area (Å²) in [5.41, 5.74) is 0.204. The average Bonchev–Trinajstić information content (AvgIpc) is 3.01. The fraction of sp³-hybridized carbons (Fsp3) is 0.500. The highest BCUT2D eigenvalue weighted by Gasteiger charge is 2.49. The molecule has 1 saturated carbocycles. The molecule has 1 spiro atoms. The summed E-state index contributed by atoms with van der Waals surface area (Å²) in [5, 5.41) is 0.275. The molecule has 1 aromatic rings. The van der Waals surface area contributed by atoms with Gasteiger partial charge in [-0.25, -0.2) is 18.1 Å². The number of rotatable bonds is 0. The second-order valence-electron chi connectivity index (χ2n) is 4.51. The normalized spacial score (nSPS) is 23.6. The number of aryl methyl sites for hydroxylation is 1. The van der Waals surface area contributed by atoms with Crippen LogP contribution in [0.25, 0.3) is 0 Å². The largest absolute Gasteiger partial charge is 0.469 e. The molecule has 0 aromatic carbocycles. The van der Waals surface area contributed by atoms with Crippen LogP contribution in [0, 0.1) is 6.92 Å². The second-order valence-corrected chi connectivity index (χ2v) is 6.60. The number of fused-ring (bicyclic) bond motifs is 1. The Labute approximate surface area is 104 Å².